The molecule has 2 saturated carbocycles. The van der Waals surface area contributed by atoms with Crippen LogP contribution in [0.5, 0.6) is 0 Å². The van der Waals surface area contributed by atoms with Crippen molar-refractivity contribution in [3.8, 4) is 0 Å². The van der Waals surface area contributed by atoms with E-state index in [1.54, 1.807) is 5.56 Å². The summed E-state index contributed by atoms with van der Waals surface area (Å²) in [6, 6.07) is 8.86. The summed E-state index contributed by atoms with van der Waals surface area (Å²) in [4.78, 5) is 1.08. The van der Waals surface area contributed by atoms with Gasteiger partial charge >= 0.3 is 0 Å². The Morgan fingerprint density at radius 1 is 0.684 bits per heavy atom. The molecule has 0 bridgehead atoms. The van der Waals surface area contributed by atoms with E-state index in [-0.39, 0.29) is 0 Å². The summed E-state index contributed by atoms with van der Waals surface area (Å²) in [5.74, 6) is 2.92. The van der Waals surface area contributed by atoms with E-state index in [0.29, 0.717) is 0 Å². The fourth-order valence-electron chi connectivity index (χ4n) is 4.28. The van der Waals surface area contributed by atoms with Crippen molar-refractivity contribution in [2.24, 2.45) is 11.8 Å². The van der Waals surface area contributed by atoms with Gasteiger partial charge < -0.3 is 0 Å². The first-order chi connectivity index (χ1) is 9.33. The topological polar surface area (TPSA) is 0 Å². The molecule has 1 heteroatoms. The van der Waals surface area contributed by atoms with Gasteiger partial charge in [0.1, 0.15) is 0 Å². The fourth-order valence-corrected chi connectivity index (χ4v) is 4.43. The molecule has 1 aromatic rings. The number of hydrogen-bond acceptors (Lipinski definition) is 1. The van der Waals surface area contributed by atoms with E-state index in [4.69, 9.17) is 0 Å². The maximum Gasteiger partial charge on any atom is 0.00401 e. The molecular formula is C18H26S. The van der Waals surface area contributed by atoms with Crippen molar-refractivity contribution in [2.75, 3.05) is 0 Å². The zero-order valence-corrected chi connectivity index (χ0v) is 12.7. The van der Waals surface area contributed by atoms with Gasteiger partial charge in [-0.2, -0.15) is 0 Å². The van der Waals surface area contributed by atoms with Gasteiger partial charge in [0.05, 0.1) is 0 Å². The van der Waals surface area contributed by atoms with Crippen LogP contribution in [0.15, 0.2) is 29.2 Å². The van der Waals surface area contributed by atoms with Crippen molar-refractivity contribution < 1.29 is 0 Å². The van der Waals surface area contributed by atoms with E-state index in [1.807, 2.05) is 0 Å². The Hall–Kier alpha value is -0.430. The van der Waals surface area contributed by atoms with Crippen molar-refractivity contribution in [1.29, 1.82) is 0 Å². The highest BCUT2D eigenvalue weighted by atomic mass is 32.1. The zero-order chi connectivity index (χ0) is 13.1. The lowest BCUT2D eigenvalue weighted by atomic mass is 9.70. The molecule has 0 heterocycles. The van der Waals surface area contributed by atoms with Gasteiger partial charge in [0.2, 0.25) is 0 Å². The van der Waals surface area contributed by atoms with Gasteiger partial charge in [-0.05, 0) is 61.1 Å². The molecule has 2 fully saturated rings. The van der Waals surface area contributed by atoms with Crippen LogP contribution >= 0.6 is 12.6 Å². The minimum atomic E-state index is 0.814. The Balaban J connectivity index is 1.55. The summed E-state index contributed by atoms with van der Waals surface area (Å²) in [6.07, 6.45) is 13.3. The first-order valence-electron chi connectivity index (χ1n) is 8.12. The summed E-state index contributed by atoms with van der Waals surface area (Å²) in [5.41, 5.74) is 1.54. The number of hydrogen-bond donors (Lipinski definition) is 1. The Morgan fingerprint density at radius 2 is 1.26 bits per heavy atom. The third-order valence-electron chi connectivity index (χ3n) is 5.45. The molecule has 0 aliphatic heterocycles. The third-order valence-corrected chi connectivity index (χ3v) is 5.75. The molecule has 104 valence electrons. The minimum absolute atomic E-state index is 0.814. The molecule has 0 N–H and O–H groups in total. The molecule has 2 aliphatic carbocycles. The SMILES string of the molecule is Sc1ccc(C2CCC(C3CCCCC3)CC2)cc1. The first-order valence-corrected chi connectivity index (χ1v) is 8.56. The third kappa shape index (κ3) is 3.37. The van der Waals surface area contributed by atoms with Crippen molar-refractivity contribution in [3.63, 3.8) is 0 Å². The number of rotatable bonds is 2. The van der Waals surface area contributed by atoms with Gasteiger partial charge in [0.15, 0.2) is 0 Å². The molecule has 1 aromatic carbocycles. The summed E-state index contributed by atoms with van der Waals surface area (Å²) >= 11 is 4.38. The maximum atomic E-state index is 4.38. The van der Waals surface area contributed by atoms with E-state index in [2.05, 4.69) is 36.9 Å². The molecule has 2 aliphatic rings. The van der Waals surface area contributed by atoms with E-state index >= 15 is 0 Å². The minimum Gasteiger partial charge on any atom is -0.143 e. The van der Waals surface area contributed by atoms with Crippen LogP contribution in [0.25, 0.3) is 0 Å². The first kappa shape index (κ1) is 13.5. The second-order valence-corrected chi connectivity index (χ2v) is 7.12. The van der Waals surface area contributed by atoms with E-state index < -0.39 is 0 Å². The number of benzene rings is 1. The van der Waals surface area contributed by atoms with Crippen molar-refractivity contribution in [3.05, 3.63) is 29.8 Å². The van der Waals surface area contributed by atoms with Gasteiger partial charge in [-0.25, -0.2) is 0 Å². The second-order valence-electron chi connectivity index (χ2n) is 6.60. The predicted octanol–water partition coefficient (Wildman–Crippen LogP) is 5.83. The summed E-state index contributed by atoms with van der Waals surface area (Å²) < 4.78 is 0. The van der Waals surface area contributed by atoms with Crippen LogP contribution < -0.4 is 0 Å². The van der Waals surface area contributed by atoms with Crippen LogP contribution in [0, 0.1) is 11.8 Å². The normalized spacial score (nSPS) is 29.3. The fraction of sp³-hybridized carbons (Fsp3) is 0.667. The summed E-state index contributed by atoms with van der Waals surface area (Å²) in [5, 5.41) is 0. The van der Waals surface area contributed by atoms with Gasteiger partial charge in [-0.1, -0.05) is 44.2 Å². The molecule has 0 unspecified atom stereocenters. The Kier molecular flexibility index (Phi) is 4.53. The smallest absolute Gasteiger partial charge is 0.00401 e. The highest BCUT2D eigenvalue weighted by molar-refractivity contribution is 7.80. The largest absolute Gasteiger partial charge is 0.143 e. The van der Waals surface area contributed by atoms with Crippen molar-refractivity contribution in [1.82, 2.24) is 0 Å². The van der Waals surface area contributed by atoms with E-state index in [9.17, 15) is 0 Å². The Bertz CT molecular complexity index is 381. The standard InChI is InChI=1S/C18H26S/c19-18-12-10-17(11-13-18)16-8-6-15(7-9-16)14-4-2-1-3-5-14/h10-16,19H,1-9H2. The molecule has 0 spiro atoms. The van der Waals surface area contributed by atoms with Crippen LogP contribution in [0.1, 0.15) is 69.3 Å². The molecule has 0 radical (unpaired) electrons. The van der Waals surface area contributed by atoms with Gasteiger partial charge in [-0.15, -0.1) is 12.6 Å². The summed E-state index contributed by atoms with van der Waals surface area (Å²) in [6.45, 7) is 0. The van der Waals surface area contributed by atoms with Crippen LogP contribution in [-0.2, 0) is 0 Å². The van der Waals surface area contributed by atoms with Gasteiger partial charge in [0.25, 0.3) is 0 Å². The Morgan fingerprint density at radius 3 is 1.89 bits per heavy atom. The van der Waals surface area contributed by atoms with Crippen LogP contribution in [0.3, 0.4) is 0 Å². The molecule has 0 atom stereocenters. The number of thiol groups is 1. The molecule has 0 aromatic heterocycles. The second kappa shape index (κ2) is 6.35. The average molecular weight is 274 g/mol. The highest BCUT2D eigenvalue weighted by Crippen LogP contribution is 2.42. The van der Waals surface area contributed by atoms with Gasteiger partial charge in [-0.3, -0.25) is 0 Å². The predicted molar refractivity (Wildman–Crippen MR) is 85.0 cm³/mol. The van der Waals surface area contributed by atoms with Crippen LogP contribution in [0.4, 0.5) is 0 Å². The lowest BCUT2D eigenvalue weighted by molar-refractivity contribution is 0.186. The highest BCUT2D eigenvalue weighted by Gasteiger charge is 2.28. The van der Waals surface area contributed by atoms with Crippen molar-refractivity contribution in [2.45, 2.75) is 68.6 Å². The lowest BCUT2D eigenvalue weighted by Crippen LogP contribution is -2.23. The van der Waals surface area contributed by atoms with E-state index in [1.165, 1.54) is 57.8 Å². The van der Waals surface area contributed by atoms with Gasteiger partial charge in [0, 0.05) is 4.90 Å². The molecule has 3 rings (SSSR count). The van der Waals surface area contributed by atoms with Crippen molar-refractivity contribution >= 4 is 12.6 Å². The van der Waals surface area contributed by atoms with Crippen LogP contribution in [0.2, 0.25) is 0 Å². The van der Waals surface area contributed by atoms with Crippen LogP contribution in [-0.4, -0.2) is 0 Å². The Labute approximate surface area is 123 Å². The summed E-state index contributed by atoms with van der Waals surface area (Å²) in [7, 11) is 0. The quantitative estimate of drug-likeness (QED) is 0.644. The molecule has 0 nitrogen and oxygen atoms in total. The monoisotopic (exact) mass is 274 g/mol. The average Bonchev–Trinajstić information content (AvgIpc) is 2.49. The zero-order valence-electron chi connectivity index (χ0n) is 11.9. The molecule has 0 saturated heterocycles. The molecular weight excluding hydrogens is 248 g/mol. The maximum absolute atomic E-state index is 4.38. The molecule has 19 heavy (non-hydrogen) atoms. The lowest BCUT2D eigenvalue weighted by Gasteiger charge is -2.36. The van der Waals surface area contributed by atoms with E-state index in [0.717, 1.165) is 22.6 Å². The molecule has 0 amide bonds.